The number of rotatable bonds is 3. The molecule has 1 fully saturated rings. The third kappa shape index (κ3) is 3.83. The molecule has 2 aromatic carbocycles. The first-order valence-corrected chi connectivity index (χ1v) is 11.7. The minimum atomic E-state index is -3.50. The Morgan fingerprint density at radius 3 is 2.52 bits per heavy atom. The summed E-state index contributed by atoms with van der Waals surface area (Å²) in [6, 6.07) is 14.1. The molecule has 1 heterocycles. The van der Waals surface area contributed by atoms with Crippen LogP contribution in [0.4, 0.5) is 0 Å². The van der Waals surface area contributed by atoms with Crippen molar-refractivity contribution in [3.63, 3.8) is 0 Å². The molecule has 4 rings (SSSR count). The third-order valence-electron chi connectivity index (χ3n) is 6.06. The van der Waals surface area contributed by atoms with E-state index < -0.39 is 10.0 Å². The molecule has 0 saturated carbocycles. The summed E-state index contributed by atoms with van der Waals surface area (Å²) in [5, 5.41) is 0. The van der Waals surface area contributed by atoms with Crippen molar-refractivity contribution in [3.8, 4) is 0 Å². The molecule has 1 aliphatic heterocycles. The van der Waals surface area contributed by atoms with E-state index in [-0.39, 0.29) is 6.04 Å². The lowest BCUT2D eigenvalue weighted by Crippen LogP contribution is -2.35. The van der Waals surface area contributed by atoms with Crippen LogP contribution in [0, 0.1) is 6.92 Å². The predicted molar refractivity (Wildman–Crippen MR) is 109 cm³/mol. The zero-order chi connectivity index (χ0) is 18.9. The molecule has 0 radical (unpaired) electrons. The fourth-order valence-electron chi connectivity index (χ4n) is 4.59. The molecule has 0 aromatic heterocycles. The van der Waals surface area contributed by atoms with Gasteiger partial charge in [0.1, 0.15) is 0 Å². The summed E-state index contributed by atoms with van der Waals surface area (Å²) < 4.78 is 29.0. The van der Waals surface area contributed by atoms with E-state index in [0.717, 1.165) is 50.5 Å². The van der Waals surface area contributed by atoms with Gasteiger partial charge in [-0.15, -0.1) is 0 Å². The van der Waals surface area contributed by atoms with Crippen molar-refractivity contribution in [2.75, 3.05) is 6.54 Å². The Balaban J connectivity index is 1.73. The van der Waals surface area contributed by atoms with Crippen LogP contribution in [-0.2, 0) is 22.9 Å². The lowest BCUT2D eigenvalue weighted by molar-refractivity contribution is 0.329. The van der Waals surface area contributed by atoms with Gasteiger partial charge in [0.05, 0.1) is 10.9 Å². The van der Waals surface area contributed by atoms with Crippen LogP contribution in [0.3, 0.4) is 0 Å². The summed E-state index contributed by atoms with van der Waals surface area (Å²) >= 11 is 0. The average molecular weight is 384 g/mol. The van der Waals surface area contributed by atoms with Crippen molar-refractivity contribution in [1.29, 1.82) is 0 Å². The maximum Gasteiger partial charge on any atom is 0.243 e. The van der Waals surface area contributed by atoms with Gasteiger partial charge in [0.2, 0.25) is 10.0 Å². The van der Waals surface area contributed by atoms with Gasteiger partial charge in [-0.1, -0.05) is 48.7 Å². The number of hydrogen-bond donors (Lipinski definition) is 0. The van der Waals surface area contributed by atoms with Crippen LogP contribution in [0.1, 0.15) is 66.8 Å². The third-order valence-corrected chi connectivity index (χ3v) is 7.96. The quantitative estimate of drug-likeness (QED) is 0.732. The number of nitrogens with zero attached hydrogens (tertiary/aromatic N) is 1. The van der Waals surface area contributed by atoms with E-state index in [0.29, 0.717) is 11.4 Å². The lowest BCUT2D eigenvalue weighted by atomic mass is 9.92. The molecule has 2 aliphatic rings. The molecule has 144 valence electrons. The Morgan fingerprint density at radius 2 is 1.70 bits per heavy atom. The van der Waals surface area contributed by atoms with Gasteiger partial charge in [-0.3, -0.25) is 0 Å². The standard InChI is InChI=1S/C23H29NO2S/c1-18-8-7-11-21(16-18)23-12-3-2-6-15-24(23)27(25,26)22-14-13-19-9-4-5-10-20(19)17-22/h7-8,11,13-14,16-17,23H,2-6,9-10,12,15H2,1H3/t23-/m1/s1. The minimum Gasteiger partial charge on any atom is -0.207 e. The van der Waals surface area contributed by atoms with E-state index in [4.69, 9.17) is 0 Å². The molecule has 1 aliphatic carbocycles. The molecule has 1 saturated heterocycles. The van der Waals surface area contributed by atoms with E-state index >= 15 is 0 Å². The molecule has 3 nitrogen and oxygen atoms in total. The molecule has 2 aromatic rings. The summed E-state index contributed by atoms with van der Waals surface area (Å²) in [5.74, 6) is 0. The van der Waals surface area contributed by atoms with Gasteiger partial charge in [0, 0.05) is 6.54 Å². The molecule has 0 unspecified atom stereocenters. The van der Waals surface area contributed by atoms with Gasteiger partial charge in [-0.25, -0.2) is 8.42 Å². The second-order valence-corrected chi connectivity index (χ2v) is 9.92. The van der Waals surface area contributed by atoms with Crippen molar-refractivity contribution in [3.05, 3.63) is 64.7 Å². The summed E-state index contributed by atoms with van der Waals surface area (Å²) in [6.45, 7) is 2.68. The van der Waals surface area contributed by atoms with Crippen molar-refractivity contribution >= 4 is 10.0 Å². The highest BCUT2D eigenvalue weighted by Gasteiger charge is 2.33. The van der Waals surface area contributed by atoms with Gasteiger partial charge in [-0.05, 0) is 74.3 Å². The Labute approximate surface area is 163 Å². The van der Waals surface area contributed by atoms with E-state index in [1.54, 1.807) is 4.31 Å². The molecule has 0 N–H and O–H groups in total. The average Bonchev–Trinajstić information content (AvgIpc) is 2.94. The van der Waals surface area contributed by atoms with Crippen molar-refractivity contribution in [2.45, 2.75) is 69.2 Å². The predicted octanol–water partition coefficient (Wildman–Crippen LogP) is 5.18. The molecule has 1 atom stereocenters. The Morgan fingerprint density at radius 1 is 0.889 bits per heavy atom. The van der Waals surface area contributed by atoms with Crippen LogP contribution in [-0.4, -0.2) is 19.3 Å². The topological polar surface area (TPSA) is 37.4 Å². The van der Waals surface area contributed by atoms with Crippen LogP contribution in [0.25, 0.3) is 0 Å². The smallest absolute Gasteiger partial charge is 0.207 e. The zero-order valence-electron chi connectivity index (χ0n) is 16.2. The van der Waals surface area contributed by atoms with Crippen LogP contribution >= 0.6 is 0 Å². The maximum atomic E-state index is 13.6. The molecular formula is C23H29NO2S. The van der Waals surface area contributed by atoms with Crippen LogP contribution < -0.4 is 0 Å². The largest absolute Gasteiger partial charge is 0.243 e. The fraction of sp³-hybridized carbons (Fsp3) is 0.478. The highest BCUT2D eigenvalue weighted by Crippen LogP contribution is 2.36. The monoisotopic (exact) mass is 383 g/mol. The minimum absolute atomic E-state index is 0.0616. The summed E-state index contributed by atoms with van der Waals surface area (Å²) in [4.78, 5) is 0.475. The van der Waals surface area contributed by atoms with E-state index in [1.807, 2.05) is 24.3 Å². The van der Waals surface area contributed by atoms with Crippen molar-refractivity contribution in [1.82, 2.24) is 4.31 Å². The Kier molecular flexibility index (Phi) is 5.38. The van der Waals surface area contributed by atoms with E-state index in [9.17, 15) is 8.42 Å². The second kappa shape index (κ2) is 7.76. The second-order valence-electron chi connectivity index (χ2n) is 8.03. The van der Waals surface area contributed by atoms with Crippen LogP contribution in [0.5, 0.6) is 0 Å². The number of aryl methyl sites for hydroxylation is 3. The zero-order valence-corrected chi connectivity index (χ0v) is 17.0. The normalized spacial score (nSPS) is 21.4. The Hall–Kier alpha value is -1.65. The van der Waals surface area contributed by atoms with Crippen molar-refractivity contribution in [2.24, 2.45) is 0 Å². The van der Waals surface area contributed by atoms with E-state index in [2.05, 4.69) is 25.1 Å². The van der Waals surface area contributed by atoms with Crippen LogP contribution in [0.15, 0.2) is 47.4 Å². The van der Waals surface area contributed by atoms with Gasteiger partial charge in [0.25, 0.3) is 0 Å². The Bertz CT molecular complexity index is 920. The van der Waals surface area contributed by atoms with Gasteiger partial charge < -0.3 is 0 Å². The molecule has 0 bridgehead atoms. The first-order chi connectivity index (χ1) is 13.1. The van der Waals surface area contributed by atoms with Crippen LogP contribution in [0.2, 0.25) is 0 Å². The summed E-state index contributed by atoms with van der Waals surface area (Å²) in [6.07, 6.45) is 8.45. The summed E-state index contributed by atoms with van der Waals surface area (Å²) in [5.41, 5.74) is 4.86. The number of sulfonamides is 1. The molecule has 4 heteroatoms. The highest BCUT2D eigenvalue weighted by molar-refractivity contribution is 7.89. The number of benzene rings is 2. The molecule has 0 spiro atoms. The van der Waals surface area contributed by atoms with Gasteiger partial charge in [-0.2, -0.15) is 4.31 Å². The first kappa shape index (κ1) is 18.7. The SMILES string of the molecule is Cc1cccc([C@H]2CCCCCN2S(=O)(=O)c2ccc3c(c2)CCCC3)c1. The van der Waals surface area contributed by atoms with E-state index in [1.165, 1.54) is 23.1 Å². The highest BCUT2D eigenvalue weighted by atomic mass is 32.2. The maximum absolute atomic E-state index is 13.6. The van der Waals surface area contributed by atoms with Gasteiger partial charge in [0.15, 0.2) is 0 Å². The number of hydrogen-bond acceptors (Lipinski definition) is 2. The fourth-order valence-corrected chi connectivity index (χ4v) is 6.32. The molecule has 0 amide bonds. The summed E-state index contributed by atoms with van der Waals surface area (Å²) in [7, 11) is -3.50. The molecular weight excluding hydrogens is 354 g/mol. The lowest BCUT2D eigenvalue weighted by Gasteiger charge is -2.30. The number of fused-ring (bicyclic) bond motifs is 1. The van der Waals surface area contributed by atoms with Gasteiger partial charge >= 0.3 is 0 Å². The van der Waals surface area contributed by atoms with Crippen molar-refractivity contribution < 1.29 is 8.42 Å². The molecule has 27 heavy (non-hydrogen) atoms. The first-order valence-electron chi connectivity index (χ1n) is 10.3.